The zero-order valence-corrected chi connectivity index (χ0v) is 15.3. The molecule has 0 fully saturated rings. The van der Waals surface area contributed by atoms with Crippen LogP contribution in [0.3, 0.4) is 0 Å². The average Bonchev–Trinajstić information content (AvgIpc) is 3.24. The zero-order chi connectivity index (χ0) is 18.1. The van der Waals surface area contributed by atoms with Gasteiger partial charge in [0, 0.05) is 34.1 Å². The van der Waals surface area contributed by atoms with Crippen molar-refractivity contribution in [1.29, 1.82) is 0 Å². The van der Waals surface area contributed by atoms with Crippen LogP contribution in [0.25, 0.3) is 0 Å². The van der Waals surface area contributed by atoms with Crippen LogP contribution in [0, 0.1) is 0 Å². The third kappa shape index (κ3) is 3.23. The molecule has 2 aromatic carbocycles. The summed E-state index contributed by atoms with van der Waals surface area (Å²) < 4.78 is 0. The number of benzene rings is 2. The maximum absolute atomic E-state index is 12.7. The van der Waals surface area contributed by atoms with Crippen molar-refractivity contribution in [3.63, 3.8) is 0 Å². The Balaban J connectivity index is 1.54. The molecule has 0 spiro atoms. The van der Waals surface area contributed by atoms with Gasteiger partial charge in [0.15, 0.2) is 0 Å². The van der Waals surface area contributed by atoms with E-state index in [4.69, 9.17) is 11.6 Å². The molecule has 6 heteroatoms. The van der Waals surface area contributed by atoms with Crippen LogP contribution in [-0.2, 0) is 6.42 Å². The first kappa shape index (κ1) is 16.8. The lowest BCUT2D eigenvalue weighted by Crippen LogP contribution is -2.28. The lowest BCUT2D eigenvalue weighted by molar-refractivity contribution is 0.0986. The molecule has 0 radical (unpaired) electrons. The second kappa shape index (κ2) is 6.94. The van der Waals surface area contributed by atoms with Crippen molar-refractivity contribution in [2.75, 3.05) is 16.8 Å². The van der Waals surface area contributed by atoms with E-state index in [0.29, 0.717) is 27.7 Å². The number of carbonyl (C=O) groups excluding carboxylic acids is 2. The molecule has 0 saturated heterocycles. The van der Waals surface area contributed by atoms with E-state index in [1.54, 1.807) is 47.4 Å². The Morgan fingerprint density at radius 2 is 1.77 bits per heavy atom. The lowest BCUT2D eigenvalue weighted by atomic mass is 10.2. The highest BCUT2D eigenvalue weighted by Gasteiger charge is 2.29. The molecule has 3 aromatic rings. The number of hydrogen-bond acceptors (Lipinski definition) is 3. The molecule has 2 heterocycles. The Labute approximate surface area is 160 Å². The summed E-state index contributed by atoms with van der Waals surface area (Å²) in [7, 11) is 0. The quantitative estimate of drug-likeness (QED) is 0.703. The van der Waals surface area contributed by atoms with Gasteiger partial charge in [0.25, 0.3) is 11.8 Å². The van der Waals surface area contributed by atoms with Crippen molar-refractivity contribution in [2.24, 2.45) is 0 Å². The number of halogens is 1. The van der Waals surface area contributed by atoms with E-state index in [-0.39, 0.29) is 11.8 Å². The molecule has 4 rings (SSSR count). The predicted octanol–water partition coefficient (Wildman–Crippen LogP) is 4.86. The molecular weight excluding hydrogens is 368 g/mol. The normalized spacial score (nSPS) is 12.7. The van der Waals surface area contributed by atoms with Gasteiger partial charge in [-0.05, 0) is 42.5 Å². The molecule has 0 unspecified atom stereocenters. The Bertz CT molecular complexity index is 967. The van der Waals surface area contributed by atoms with E-state index in [1.165, 1.54) is 11.3 Å². The molecule has 26 heavy (non-hydrogen) atoms. The fraction of sp³-hybridized carbons (Fsp3) is 0.100. The van der Waals surface area contributed by atoms with E-state index in [2.05, 4.69) is 5.32 Å². The van der Waals surface area contributed by atoms with Gasteiger partial charge >= 0.3 is 0 Å². The van der Waals surface area contributed by atoms with Gasteiger partial charge in [-0.25, -0.2) is 0 Å². The molecule has 0 aliphatic carbocycles. The Morgan fingerprint density at radius 3 is 2.50 bits per heavy atom. The van der Waals surface area contributed by atoms with Gasteiger partial charge in [-0.15, -0.1) is 11.3 Å². The van der Waals surface area contributed by atoms with Crippen molar-refractivity contribution in [3.05, 3.63) is 81.0 Å². The van der Waals surface area contributed by atoms with Crippen molar-refractivity contribution in [1.82, 2.24) is 0 Å². The van der Waals surface area contributed by atoms with Crippen LogP contribution in [0.15, 0.2) is 60.7 Å². The highest BCUT2D eigenvalue weighted by Crippen LogP contribution is 2.37. The fourth-order valence-corrected chi connectivity index (χ4v) is 4.12. The van der Waals surface area contributed by atoms with Gasteiger partial charge in [0.2, 0.25) is 0 Å². The van der Waals surface area contributed by atoms with E-state index in [9.17, 15) is 9.59 Å². The smallest absolute Gasteiger partial charge is 0.265 e. The fourth-order valence-electron chi connectivity index (χ4n) is 2.95. The number of amides is 2. The Morgan fingerprint density at radius 1 is 1.04 bits per heavy atom. The average molecular weight is 383 g/mol. The molecule has 1 aliphatic heterocycles. The van der Waals surface area contributed by atoms with E-state index in [0.717, 1.165) is 17.0 Å². The summed E-state index contributed by atoms with van der Waals surface area (Å²) >= 11 is 7.30. The number of hydrogen-bond donors (Lipinski definition) is 1. The largest absolute Gasteiger partial charge is 0.321 e. The molecule has 0 atom stereocenters. The molecule has 0 bridgehead atoms. The van der Waals surface area contributed by atoms with Crippen LogP contribution in [0.5, 0.6) is 0 Å². The molecule has 1 aliphatic rings. The van der Waals surface area contributed by atoms with Crippen LogP contribution in [0.2, 0.25) is 5.02 Å². The van der Waals surface area contributed by atoms with E-state index < -0.39 is 0 Å². The molecule has 130 valence electrons. The topological polar surface area (TPSA) is 49.4 Å². The van der Waals surface area contributed by atoms with Crippen molar-refractivity contribution < 1.29 is 9.59 Å². The maximum Gasteiger partial charge on any atom is 0.265 e. The minimum absolute atomic E-state index is 0.0354. The number of fused-ring (bicyclic) bond motifs is 1. The summed E-state index contributed by atoms with van der Waals surface area (Å²) in [6, 6.07) is 18.0. The van der Waals surface area contributed by atoms with Crippen molar-refractivity contribution in [3.8, 4) is 0 Å². The first-order valence-corrected chi connectivity index (χ1v) is 9.38. The van der Waals surface area contributed by atoms with Gasteiger partial charge < -0.3 is 10.2 Å². The second-order valence-electron chi connectivity index (χ2n) is 5.95. The van der Waals surface area contributed by atoms with Gasteiger partial charge in [0.1, 0.15) is 0 Å². The summed E-state index contributed by atoms with van der Waals surface area (Å²) in [6.45, 7) is 0.647. The van der Waals surface area contributed by atoms with Crippen LogP contribution in [0.1, 0.15) is 24.9 Å². The first-order chi connectivity index (χ1) is 12.6. The van der Waals surface area contributed by atoms with Crippen LogP contribution < -0.4 is 10.2 Å². The summed E-state index contributed by atoms with van der Waals surface area (Å²) in [4.78, 5) is 28.7. The van der Waals surface area contributed by atoms with Crippen LogP contribution in [0.4, 0.5) is 11.4 Å². The standard InChI is InChI=1S/C20H15ClN2O2S/c21-14-6-8-15(9-7-14)22-19(24)18-12-16-17(26-18)10-11-23(16)20(25)13-4-2-1-3-5-13/h1-9,12H,10-11H2,(H,22,24). The first-order valence-electron chi connectivity index (χ1n) is 8.18. The molecule has 1 N–H and O–H groups in total. The SMILES string of the molecule is O=C(Nc1ccc(Cl)cc1)c1cc2c(s1)CCN2C(=O)c1ccccc1. The highest BCUT2D eigenvalue weighted by atomic mass is 35.5. The lowest BCUT2D eigenvalue weighted by Gasteiger charge is -2.16. The number of anilines is 2. The molecule has 2 amide bonds. The van der Waals surface area contributed by atoms with Crippen LogP contribution >= 0.6 is 22.9 Å². The van der Waals surface area contributed by atoms with Gasteiger partial charge in [0.05, 0.1) is 10.6 Å². The van der Waals surface area contributed by atoms with Crippen molar-refractivity contribution in [2.45, 2.75) is 6.42 Å². The van der Waals surface area contributed by atoms with E-state index >= 15 is 0 Å². The minimum Gasteiger partial charge on any atom is -0.321 e. The van der Waals surface area contributed by atoms with Gasteiger partial charge in [-0.3, -0.25) is 9.59 Å². The molecule has 0 saturated carbocycles. The number of nitrogens with zero attached hydrogens (tertiary/aromatic N) is 1. The monoisotopic (exact) mass is 382 g/mol. The number of thiophene rings is 1. The Kier molecular flexibility index (Phi) is 4.49. The van der Waals surface area contributed by atoms with E-state index in [1.807, 2.05) is 18.2 Å². The summed E-state index contributed by atoms with van der Waals surface area (Å²) in [5.41, 5.74) is 2.18. The summed E-state index contributed by atoms with van der Waals surface area (Å²) in [5.74, 6) is -0.217. The zero-order valence-electron chi connectivity index (χ0n) is 13.7. The molecule has 4 nitrogen and oxygen atoms in total. The number of nitrogens with one attached hydrogen (secondary N) is 1. The third-order valence-electron chi connectivity index (χ3n) is 4.23. The summed E-state index contributed by atoms with van der Waals surface area (Å²) in [6.07, 6.45) is 0.771. The predicted molar refractivity (Wildman–Crippen MR) is 106 cm³/mol. The van der Waals surface area contributed by atoms with Crippen molar-refractivity contribution >= 4 is 46.1 Å². The van der Waals surface area contributed by atoms with Gasteiger partial charge in [-0.1, -0.05) is 29.8 Å². The number of carbonyl (C=O) groups is 2. The number of rotatable bonds is 3. The second-order valence-corrected chi connectivity index (χ2v) is 7.53. The molecule has 1 aromatic heterocycles. The van der Waals surface area contributed by atoms with Gasteiger partial charge in [-0.2, -0.15) is 0 Å². The van der Waals surface area contributed by atoms with Crippen LogP contribution in [-0.4, -0.2) is 18.4 Å². The molecular formula is C20H15ClN2O2S. The maximum atomic E-state index is 12.7. The highest BCUT2D eigenvalue weighted by molar-refractivity contribution is 7.14. The third-order valence-corrected chi connectivity index (χ3v) is 5.67. The Hall–Kier alpha value is -2.63. The minimum atomic E-state index is -0.182. The summed E-state index contributed by atoms with van der Waals surface area (Å²) in [5, 5.41) is 3.48.